The molecule has 1 atom stereocenters. The van der Waals surface area contributed by atoms with Gasteiger partial charge in [0.25, 0.3) is 0 Å². The molecular formula is C31H22N5Sn-3. The molecule has 4 aromatic heterocycles. The van der Waals surface area contributed by atoms with E-state index in [1.807, 2.05) is 54.6 Å². The monoisotopic (exact) mass is 584 g/mol. The summed E-state index contributed by atoms with van der Waals surface area (Å²) in [4.78, 5) is 17.7. The molecule has 0 saturated heterocycles. The maximum absolute atomic E-state index is 4.81. The van der Waals surface area contributed by atoms with Crippen molar-refractivity contribution in [2.24, 2.45) is 0 Å². The SMILES string of the molecule is C1=CC(c2cc3cccnc3[n-]2)[N-]C(c2cc3cccnc3[n-]2)=C1.c1cc[c]([Sn][c]2ccccc2)cc1. The Morgan fingerprint density at radius 3 is 1.89 bits per heavy atom. The molecule has 1 aliphatic heterocycles. The van der Waals surface area contributed by atoms with Crippen molar-refractivity contribution >= 4 is 56.1 Å². The number of rotatable bonds is 4. The molecule has 0 amide bonds. The Labute approximate surface area is 225 Å². The van der Waals surface area contributed by atoms with Gasteiger partial charge in [-0.1, -0.05) is 95.7 Å². The van der Waals surface area contributed by atoms with E-state index in [-0.39, 0.29) is 6.04 Å². The zero-order chi connectivity index (χ0) is 24.9. The van der Waals surface area contributed by atoms with Crippen molar-refractivity contribution in [2.75, 3.05) is 0 Å². The summed E-state index contributed by atoms with van der Waals surface area (Å²) in [6.45, 7) is 0. The Morgan fingerprint density at radius 2 is 1.27 bits per heavy atom. The van der Waals surface area contributed by atoms with Gasteiger partial charge in [-0.2, -0.15) is 0 Å². The number of fused-ring (bicyclic) bond motifs is 2. The van der Waals surface area contributed by atoms with Gasteiger partial charge in [-0.05, 0) is 10.8 Å². The standard InChI is InChI=1S/C19H12N5.2C6H5.Sn/c1-6-14(16-10-12-4-2-8-20-18(12)23-16)22-15(7-1)17-11-13-5-3-9-21-19(13)24-17;2*1-2-4-6-5-3-1;/h1-11,14H;2*1-5H;/q-3;;;. The van der Waals surface area contributed by atoms with E-state index >= 15 is 0 Å². The second kappa shape index (κ2) is 10.9. The van der Waals surface area contributed by atoms with Gasteiger partial charge in [-0.15, -0.1) is 5.70 Å². The Kier molecular flexibility index (Phi) is 6.86. The fourth-order valence-electron chi connectivity index (χ4n) is 4.13. The van der Waals surface area contributed by atoms with Crippen molar-refractivity contribution in [2.45, 2.75) is 6.04 Å². The molecule has 6 heteroatoms. The van der Waals surface area contributed by atoms with E-state index in [0.717, 1.165) is 39.2 Å². The van der Waals surface area contributed by atoms with Crippen LogP contribution >= 0.6 is 0 Å². The number of aromatic nitrogens is 4. The van der Waals surface area contributed by atoms with Gasteiger partial charge < -0.3 is 25.3 Å². The summed E-state index contributed by atoms with van der Waals surface area (Å²) >= 11 is -0.517. The van der Waals surface area contributed by atoms with Gasteiger partial charge in [-0.25, -0.2) is 0 Å². The van der Waals surface area contributed by atoms with Crippen molar-refractivity contribution in [3.8, 4) is 0 Å². The molecule has 0 bridgehead atoms. The topological polar surface area (TPSA) is 68.1 Å². The van der Waals surface area contributed by atoms with Crippen LogP contribution in [0, 0.1) is 0 Å². The normalized spacial score (nSPS) is 14.6. The molecule has 178 valence electrons. The first-order valence-electron chi connectivity index (χ1n) is 12.1. The quantitative estimate of drug-likeness (QED) is 0.272. The van der Waals surface area contributed by atoms with Gasteiger partial charge in [0.2, 0.25) is 0 Å². The van der Waals surface area contributed by atoms with Crippen LogP contribution in [-0.4, -0.2) is 31.1 Å². The van der Waals surface area contributed by atoms with E-state index < -0.39 is 21.1 Å². The first kappa shape index (κ1) is 23.3. The molecule has 6 aromatic rings. The summed E-state index contributed by atoms with van der Waals surface area (Å²) in [7, 11) is 0. The molecule has 0 aliphatic carbocycles. The Morgan fingerprint density at radius 1 is 0.649 bits per heavy atom. The van der Waals surface area contributed by atoms with Gasteiger partial charge in [-0.3, -0.25) is 0 Å². The third-order valence-corrected chi connectivity index (χ3v) is 9.47. The number of hydrogen-bond donors (Lipinski definition) is 0. The maximum atomic E-state index is 4.81. The van der Waals surface area contributed by atoms with Crippen molar-refractivity contribution in [1.29, 1.82) is 0 Å². The van der Waals surface area contributed by atoms with Gasteiger partial charge in [0.15, 0.2) is 0 Å². The Bertz CT molecular complexity index is 1580. The zero-order valence-corrected chi connectivity index (χ0v) is 22.8. The number of benzene rings is 2. The van der Waals surface area contributed by atoms with Crippen LogP contribution in [-0.2, 0) is 0 Å². The summed E-state index contributed by atoms with van der Waals surface area (Å²) in [5.41, 5.74) is 4.09. The summed E-state index contributed by atoms with van der Waals surface area (Å²) in [5, 5.41) is 6.87. The van der Waals surface area contributed by atoms with Crippen molar-refractivity contribution in [1.82, 2.24) is 19.9 Å². The molecule has 0 N–H and O–H groups in total. The molecule has 5 nitrogen and oxygen atoms in total. The van der Waals surface area contributed by atoms with Crippen LogP contribution in [0.5, 0.6) is 0 Å². The average Bonchev–Trinajstić information content (AvgIpc) is 3.60. The summed E-state index contributed by atoms with van der Waals surface area (Å²) in [6, 6.07) is 33.4. The van der Waals surface area contributed by atoms with Crippen molar-refractivity contribution in [3.05, 3.63) is 144 Å². The van der Waals surface area contributed by atoms with Crippen LogP contribution in [0.1, 0.15) is 17.4 Å². The van der Waals surface area contributed by atoms with E-state index in [1.54, 1.807) is 12.4 Å². The third kappa shape index (κ3) is 5.52. The number of allylic oxidation sites excluding steroid dienone is 2. The first-order valence-corrected chi connectivity index (χ1v) is 14.9. The molecule has 1 unspecified atom stereocenters. The number of nitrogens with zero attached hydrogens (tertiary/aromatic N) is 5. The zero-order valence-electron chi connectivity index (χ0n) is 19.9. The molecule has 1 aliphatic rings. The van der Waals surface area contributed by atoms with E-state index in [0.29, 0.717) is 0 Å². The predicted molar refractivity (Wildman–Crippen MR) is 151 cm³/mol. The van der Waals surface area contributed by atoms with Crippen LogP contribution in [0.15, 0.2) is 128 Å². The van der Waals surface area contributed by atoms with E-state index in [1.165, 1.54) is 7.16 Å². The molecule has 0 saturated carbocycles. The molecule has 2 aromatic carbocycles. The van der Waals surface area contributed by atoms with Gasteiger partial charge >= 0.3 is 89.0 Å². The second-order valence-electron chi connectivity index (χ2n) is 8.52. The van der Waals surface area contributed by atoms with E-state index in [9.17, 15) is 0 Å². The number of hydrogen-bond acceptors (Lipinski definition) is 2. The van der Waals surface area contributed by atoms with Crippen LogP contribution in [0.25, 0.3) is 33.1 Å². The van der Waals surface area contributed by atoms with E-state index in [4.69, 9.17) is 5.32 Å². The fourth-order valence-corrected chi connectivity index (χ4v) is 7.14. The minimum atomic E-state index is -0.517. The minimum absolute atomic E-state index is 0.119. The van der Waals surface area contributed by atoms with Crippen molar-refractivity contribution in [3.63, 3.8) is 0 Å². The van der Waals surface area contributed by atoms with Gasteiger partial charge in [0.05, 0.1) is 0 Å². The second-order valence-corrected chi connectivity index (χ2v) is 12.5. The molecule has 7 rings (SSSR count). The third-order valence-electron chi connectivity index (χ3n) is 5.92. The average molecular weight is 583 g/mol. The van der Waals surface area contributed by atoms with E-state index in [2.05, 4.69) is 80.6 Å². The Hall–Kier alpha value is -4.10. The molecule has 37 heavy (non-hydrogen) atoms. The van der Waals surface area contributed by atoms with Crippen LogP contribution < -0.4 is 17.1 Å². The number of pyridine rings is 2. The van der Waals surface area contributed by atoms with Gasteiger partial charge in [0.1, 0.15) is 0 Å². The van der Waals surface area contributed by atoms with Crippen LogP contribution in [0.3, 0.4) is 0 Å². The molecular weight excluding hydrogens is 561 g/mol. The summed E-state index contributed by atoms with van der Waals surface area (Å²) in [6.07, 6.45) is 9.52. The fraction of sp³-hybridized carbons (Fsp3) is 0.0323. The molecule has 0 spiro atoms. The molecule has 0 fully saturated rings. The first-order chi connectivity index (χ1) is 18.3. The van der Waals surface area contributed by atoms with Crippen LogP contribution in [0.4, 0.5) is 0 Å². The van der Waals surface area contributed by atoms with Crippen molar-refractivity contribution < 1.29 is 0 Å². The summed E-state index contributed by atoms with van der Waals surface area (Å²) in [5.74, 6) is 0. The predicted octanol–water partition coefficient (Wildman–Crippen LogP) is 5.06. The van der Waals surface area contributed by atoms with Crippen LogP contribution in [0.2, 0.25) is 0 Å². The molecule has 5 heterocycles. The van der Waals surface area contributed by atoms with Gasteiger partial charge in [0, 0.05) is 0 Å². The summed E-state index contributed by atoms with van der Waals surface area (Å²) < 4.78 is 3.08. The Balaban J connectivity index is 0.000000164. The molecule has 2 radical (unpaired) electrons.